The molecule has 1 atom stereocenters. The van der Waals surface area contributed by atoms with E-state index in [-0.39, 0.29) is 11.9 Å². The number of hydrogen-bond donors (Lipinski definition) is 2. The van der Waals surface area contributed by atoms with Crippen LogP contribution in [0.5, 0.6) is 0 Å². The molecule has 19 heavy (non-hydrogen) atoms. The van der Waals surface area contributed by atoms with Gasteiger partial charge >= 0.3 is 0 Å². The number of aryl methyl sites for hydroxylation is 1. The Bertz CT molecular complexity index is 413. The highest BCUT2D eigenvalue weighted by Gasteiger charge is 2.17. The van der Waals surface area contributed by atoms with Crippen LogP contribution in [0.25, 0.3) is 0 Å². The van der Waals surface area contributed by atoms with E-state index in [4.69, 9.17) is 0 Å². The third-order valence-electron chi connectivity index (χ3n) is 3.57. The zero-order chi connectivity index (χ0) is 13.7. The van der Waals surface area contributed by atoms with E-state index in [0.717, 1.165) is 11.4 Å². The maximum atomic E-state index is 11.9. The molecule has 0 aliphatic heterocycles. The van der Waals surface area contributed by atoms with Gasteiger partial charge in [0.25, 0.3) is 0 Å². The average molecular weight is 281 g/mol. The van der Waals surface area contributed by atoms with Crippen LogP contribution < -0.4 is 10.6 Å². The number of thiazole rings is 1. The van der Waals surface area contributed by atoms with E-state index in [9.17, 15) is 4.79 Å². The highest BCUT2D eigenvalue weighted by atomic mass is 32.1. The molecule has 4 nitrogen and oxygen atoms in total. The summed E-state index contributed by atoms with van der Waals surface area (Å²) in [5.41, 5.74) is 0. The minimum absolute atomic E-state index is 0.00294. The van der Waals surface area contributed by atoms with Crippen LogP contribution in [-0.4, -0.2) is 23.5 Å². The summed E-state index contributed by atoms with van der Waals surface area (Å²) in [6.07, 6.45) is 7.88. The Labute approximate surface area is 119 Å². The second-order valence-corrected chi connectivity index (χ2v) is 6.32. The molecule has 1 unspecified atom stereocenters. The van der Waals surface area contributed by atoms with E-state index < -0.39 is 0 Å². The van der Waals surface area contributed by atoms with Crippen LogP contribution in [0.15, 0.2) is 6.20 Å². The van der Waals surface area contributed by atoms with Crippen molar-refractivity contribution < 1.29 is 4.79 Å². The van der Waals surface area contributed by atoms with E-state index >= 15 is 0 Å². The summed E-state index contributed by atoms with van der Waals surface area (Å²) in [6, 6.07) is 0.538. The summed E-state index contributed by atoms with van der Waals surface area (Å²) in [6.45, 7) is 4.53. The van der Waals surface area contributed by atoms with Crippen molar-refractivity contribution >= 4 is 17.2 Å². The predicted molar refractivity (Wildman–Crippen MR) is 78.3 cm³/mol. The van der Waals surface area contributed by atoms with E-state index in [0.29, 0.717) is 12.6 Å². The van der Waals surface area contributed by atoms with Gasteiger partial charge in [-0.3, -0.25) is 4.79 Å². The molecule has 0 saturated heterocycles. The number of carbonyl (C=O) groups is 1. The predicted octanol–water partition coefficient (Wildman–Crippen LogP) is 2.41. The van der Waals surface area contributed by atoms with Gasteiger partial charge in [-0.15, -0.1) is 11.3 Å². The Hall–Kier alpha value is -0.940. The summed E-state index contributed by atoms with van der Waals surface area (Å²) >= 11 is 1.68. The first-order valence-corrected chi connectivity index (χ1v) is 7.98. The van der Waals surface area contributed by atoms with Crippen molar-refractivity contribution in [1.82, 2.24) is 15.6 Å². The normalized spacial score (nSPS) is 17.6. The van der Waals surface area contributed by atoms with Gasteiger partial charge in [0.1, 0.15) is 5.01 Å². The lowest BCUT2D eigenvalue weighted by Crippen LogP contribution is -2.39. The fourth-order valence-corrected chi connectivity index (χ4v) is 3.27. The van der Waals surface area contributed by atoms with Crippen molar-refractivity contribution in [1.29, 1.82) is 0 Å². The van der Waals surface area contributed by atoms with E-state index in [1.807, 2.05) is 13.1 Å². The fraction of sp³-hybridized carbons (Fsp3) is 0.714. The van der Waals surface area contributed by atoms with Crippen LogP contribution in [0.3, 0.4) is 0 Å². The molecule has 0 aromatic carbocycles. The van der Waals surface area contributed by atoms with E-state index in [1.54, 1.807) is 11.3 Å². The number of nitrogens with zero attached hydrogens (tertiary/aromatic N) is 1. The number of rotatable bonds is 6. The summed E-state index contributed by atoms with van der Waals surface area (Å²) < 4.78 is 0. The molecule has 106 valence electrons. The van der Waals surface area contributed by atoms with E-state index in [1.165, 1.54) is 30.6 Å². The van der Waals surface area contributed by atoms with Crippen molar-refractivity contribution in [2.75, 3.05) is 6.54 Å². The van der Waals surface area contributed by atoms with Crippen LogP contribution in [0.2, 0.25) is 0 Å². The Balaban J connectivity index is 1.74. The van der Waals surface area contributed by atoms with Gasteiger partial charge in [0.2, 0.25) is 5.91 Å². The first-order valence-electron chi connectivity index (χ1n) is 7.16. The largest absolute Gasteiger partial charge is 0.346 e. The SMILES string of the molecule is CCc1cnc(C(C)NC(=O)CNC2CCCC2)s1. The molecule has 5 heteroatoms. The number of aromatic nitrogens is 1. The zero-order valence-electron chi connectivity index (χ0n) is 11.7. The Morgan fingerprint density at radius 1 is 1.53 bits per heavy atom. The van der Waals surface area contributed by atoms with Crippen LogP contribution in [0, 0.1) is 0 Å². The molecule has 2 N–H and O–H groups in total. The number of nitrogens with one attached hydrogen (secondary N) is 2. The zero-order valence-corrected chi connectivity index (χ0v) is 12.6. The van der Waals surface area contributed by atoms with Crippen molar-refractivity contribution in [2.24, 2.45) is 0 Å². The summed E-state index contributed by atoms with van der Waals surface area (Å²) in [4.78, 5) is 17.5. The second kappa shape index (κ2) is 7.01. The first kappa shape index (κ1) is 14.5. The lowest BCUT2D eigenvalue weighted by Gasteiger charge is -2.14. The molecule has 1 heterocycles. The summed E-state index contributed by atoms with van der Waals surface area (Å²) in [5.74, 6) is 0.0626. The maximum absolute atomic E-state index is 11.9. The topological polar surface area (TPSA) is 54.0 Å². The molecule has 1 aliphatic rings. The minimum atomic E-state index is 0.00294. The van der Waals surface area contributed by atoms with Crippen LogP contribution in [0.1, 0.15) is 55.5 Å². The van der Waals surface area contributed by atoms with Crippen LogP contribution in [-0.2, 0) is 11.2 Å². The molecule has 1 fully saturated rings. The number of amides is 1. The molecule has 1 amide bonds. The summed E-state index contributed by atoms with van der Waals surface area (Å²) in [7, 11) is 0. The molecule has 2 rings (SSSR count). The highest BCUT2D eigenvalue weighted by Crippen LogP contribution is 2.20. The lowest BCUT2D eigenvalue weighted by atomic mass is 10.2. The standard InChI is InChI=1S/C14H23N3OS/c1-3-12-8-16-14(19-12)10(2)17-13(18)9-15-11-6-4-5-7-11/h8,10-11,15H,3-7,9H2,1-2H3,(H,17,18). The molecule has 1 aliphatic carbocycles. The number of carbonyl (C=O) groups excluding carboxylic acids is 1. The van der Waals surface area contributed by atoms with Gasteiger partial charge < -0.3 is 10.6 Å². The fourth-order valence-electron chi connectivity index (χ4n) is 2.41. The van der Waals surface area contributed by atoms with Crippen LogP contribution in [0.4, 0.5) is 0 Å². The Morgan fingerprint density at radius 3 is 2.89 bits per heavy atom. The molecule has 1 aromatic heterocycles. The van der Waals surface area contributed by atoms with Gasteiger partial charge in [0.15, 0.2) is 0 Å². The molecular formula is C14H23N3OS. The smallest absolute Gasteiger partial charge is 0.234 e. The van der Waals surface area contributed by atoms with Gasteiger partial charge in [-0.25, -0.2) is 4.98 Å². The maximum Gasteiger partial charge on any atom is 0.234 e. The molecule has 0 radical (unpaired) electrons. The summed E-state index contributed by atoms with van der Waals surface area (Å²) in [5, 5.41) is 7.32. The van der Waals surface area contributed by atoms with Crippen molar-refractivity contribution in [2.45, 2.75) is 58.0 Å². The third-order valence-corrected chi connectivity index (χ3v) is 4.90. The van der Waals surface area contributed by atoms with Crippen molar-refractivity contribution in [3.8, 4) is 0 Å². The van der Waals surface area contributed by atoms with Gasteiger partial charge in [-0.05, 0) is 26.2 Å². The van der Waals surface area contributed by atoms with Gasteiger partial charge in [-0.2, -0.15) is 0 Å². The monoisotopic (exact) mass is 281 g/mol. The number of hydrogen-bond acceptors (Lipinski definition) is 4. The Kier molecular flexibility index (Phi) is 5.34. The van der Waals surface area contributed by atoms with Gasteiger partial charge in [-0.1, -0.05) is 19.8 Å². The minimum Gasteiger partial charge on any atom is -0.346 e. The lowest BCUT2D eigenvalue weighted by molar-refractivity contribution is -0.121. The van der Waals surface area contributed by atoms with Crippen molar-refractivity contribution in [3.63, 3.8) is 0 Å². The molecule has 1 aromatic rings. The van der Waals surface area contributed by atoms with Gasteiger partial charge in [0, 0.05) is 17.1 Å². The third kappa shape index (κ3) is 4.28. The molecule has 1 saturated carbocycles. The molecular weight excluding hydrogens is 258 g/mol. The first-order chi connectivity index (χ1) is 9.19. The van der Waals surface area contributed by atoms with Gasteiger partial charge in [0.05, 0.1) is 12.6 Å². The van der Waals surface area contributed by atoms with Crippen LogP contribution >= 0.6 is 11.3 Å². The van der Waals surface area contributed by atoms with Crippen molar-refractivity contribution in [3.05, 3.63) is 16.1 Å². The average Bonchev–Trinajstić information content (AvgIpc) is 3.07. The highest BCUT2D eigenvalue weighted by molar-refractivity contribution is 7.11. The Morgan fingerprint density at radius 2 is 2.26 bits per heavy atom. The van der Waals surface area contributed by atoms with E-state index in [2.05, 4.69) is 22.5 Å². The quantitative estimate of drug-likeness (QED) is 0.842. The molecule has 0 spiro atoms. The second-order valence-electron chi connectivity index (χ2n) is 5.17. The molecule has 0 bridgehead atoms.